The summed E-state index contributed by atoms with van der Waals surface area (Å²) in [6, 6.07) is 32.3. The van der Waals surface area contributed by atoms with Crippen molar-refractivity contribution in [2.45, 2.75) is 39.7 Å². The third-order valence-electron chi connectivity index (χ3n) is 7.86. The Morgan fingerprint density at radius 3 is 2.30 bits per heavy atom. The molecule has 0 saturated carbocycles. The van der Waals surface area contributed by atoms with Crippen molar-refractivity contribution >= 4 is 16.8 Å². The number of amides is 1. The van der Waals surface area contributed by atoms with Crippen molar-refractivity contribution in [3.63, 3.8) is 0 Å². The third-order valence-corrected chi connectivity index (χ3v) is 7.86. The number of hydrogen-bond acceptors (Lipinski definition) is 5. The molecule has 222 valence electrons. The van der Waals surface area contributed by atoms with E-state index >= 15 is 0 Å². The fourth-order valence-electron chi connectivity index (χ4n) is 5.60. The minimum atomic E-state index is -0.500. The molecule has 0 fully saturated rings. The molecule has 1 heterocycles. The highest BCUT2D eigenvalue weighted by molar-refractivity contribution is 5.82. The van der Waals surface area contributed by atoms with Crippen LogP contribution in [0.4, 0.5) is 0 Å². The monoisotopic (exact) mass is 584 g/mol. The van der Waals surface area contributed by atoms with Gasteiger partial charge in [0.15, 0.2) is 0 Å². The molecule has 0 N–H and O–H groups in total. The SMILES string of the molecule is CCOCCN(C(=O)Cc1ccc(-c2ccccc2)cc1)C(CC)c1nc2cccc(C)c2c(=O)n1-c1ccc(C#N)cc1. The molecule has 5 rings (SSSR count). The van der Waals surface area contributed by atoms with Crippen LogP contribution in [0, 0.1) is 18.3 Å². The molecule has 0 saturated heterocycles. The van der Waals surface area contributed by atoms with E-state index in [4.69, 9.17) is 9.72 Å². The number of carbonyl (C=O) groups is 1. The van der Waals surface area contributed by atoms with Gasteiger partial charge in [-0.2, -0.15) is 5.26 Å². The van der Waals surface area contributed by atoms with Crippen molar-refractivity contribution in [1.82, 2.24) is 14.5 Å². The van der Waals surface area contributed by atoms with E-state index in [9.17, 15) is 14.9 Å². The Morgan fingerprint density at radius 1 is 0.932 bits per heavy atom. The van der Waals surface area contributed by atoms with Crippen molar-refractivity contribution in [2.24, 2.45) is 0 Å². The Bertz CT molecular complexity index is 1840. The Hall–Kier alpha value is -5.06. The highest BCUT2D eigenvalue weighted by atomic mass is 16.5. The van der Waals surface area contributed by atoms with E-state index in [1.54, 1.807) is 33.7 Å². The topological polar surface area (TPSA) is 88.2 Å². The summed E-state index contributed by atoms with van der Waals surface area (Å²) < 4.78 is 7.29. The Balaban J connectivity index is 1.57. The predicted octanol–water partition coefficient (Wildman–Crippen LogP) is 6.79. The molecule has 1 amide bonds. The van der Waals surface area contributed by atoms with Crippen LogP contribution in [-0.4, -0.2) is 40.1 Å². The number of aromatic nitrogens is 2. The van der Waals surface area contributed by atoms with Gasteiger partial charge in [0.05, 0.1) is 47.3 Å². The highest BCUT2D eigenvalue weighted by Crippen LogP contribution is 2.28. The summed E-state index contributed by atoms with van der Waals surface area (Å²) in [6.45, 7) is 7.06. The Labute approximate surface area is 258 Å². The van der Waals surface area contributed by atoms with E-state index in [2.05, 4.69) is 18.2 Å². The molecule has 7 heteroatoms. The number of hydrogen-bond donors (Lipinski definition) is 0. The van der Waals surface area contributed by atoms with Crippen LogP contribution in [0.5, 0.6) is 0 Å². The smallest absolute Gasteiger partial charge is 0.266 e. The van der Waals surface area contributed by atoms with Crippen LogP contribution in [0.2, 0.25) is 0 Å². The maximum absolute atomic E-state index is 14.2. The lowest BCUT2D eigenvalue weighted by atomic mass is 10.0. The van der Waals surface area contributed by atoms with Gasteiger partial charge in [0, 0.05) is 13.2 Å². The van der Waals surface area contributed by atoms with Crippen LogP contribution in [0.15, 0.2) is 102 Å². The molecule has 0 spiro atoms. The van der Waals surface area contributed by atoms with Crippen LogP contribution >= 0.6 is 0 Å². The van der Waals surface area contributed by atoms with Gasteiger partial charge >= 0.3 is 0 Å². The molecule has 1 aromatic heterocycles. The molecular weight excluding hydrogens is 548 g/mol. The zero-order valence-corrected chi connectivity index (χ0v) is 25.4. The first-order valence-electron chi connectivity index (χ1n) is 15.0. The molecule has 1 unspecified atom stereocenters. The van der Waals surface area contributed by atoms with Gasteiger partial charge in [-0.1, -0.05) is 73.7 Å². The zero-order chi connectivity index (χ0) is 31.1. The van der Waals surface area contributed by atoms with E-state index in [0.29, 0.717) is 54.2 Å². The average Bonchev–Trinajstić information content (AvgIpc) is 3.05. The van der Waals surface area contributed by atoms with Crippen molar-refractivity contribution < 1.29 is 9.53 Å². The predicted molar refractivity (Wildman–Crippen MR) is 174 cm³/mol. The van der Waals surface area contributed by atoms with E-state index < -0.39 is 6.04 Å². The number of fused-ring (bicyclic) bond motifs is 1. The van der Waals surface area contributed by atoms with Gasteiger partial charge in [0.1, 0.15) is 5.82 Å². The normalized spacial score (nSPS) is 11.7. The van der Waals surface area contributed by atoms with Crippen molar-refractivity contribution in [1.29, 1.82) is 5.26 Å². The van der Waals surface area contributed by atoms with Crippen LogP contribution < -0.4 is 5.56 Å². The Morgan fingerprint density at radius 2 is 1.64 bits per heavy atom. The molecule has 0 bridgehead atoms. The second-order valence-electron chi connectivity index (χ2n) is 10.7. The number of ether oxygens (including phenoxy) is 1. The number of aryl methyl sites for hydroxylation is 1. The van der Waals surface area contributed by atoms with Gasteiger partial charge < -0.3 is 9.64 Å². The molecule has 0 aliphatic heterocycles. The number of nitriles is 1. The van der Waals surface area contributed by atoms with Gasteiger partial charge in [-0.15, -0.1) is 0 Å². The maximum atomic E-state index is 14.2. The lowest BCUT2D eigenvalue weighted by molar-refractivity contribution is -0.134. The minimum absolute atomic E-state index is 0.0750. The van der Waals surface area contributed by atoms with Crippen molar-refractivity contribution in [3.8, 4) is 22.9 Å². The molecular formula is C37H36N4O3. The number of benzene rings is 4. The summed E-state index contributed by atoms with van der Waals surface area (Å²) in [4.78, 5) is 35.1. The second kappa shape index (κ2) is 13.9. The first-order valence-corrected chi connectivity index (χ1v) is 15.0. The largest absolute Gasteiger partial charge is 0.380 e. The molecule has 0 aliphatic carbocycles. The molecule has 5 aromatic rings. The number of carbonyl (C=O) groups excluding carboxylic acids is 1. The fourth-order valence-corrected chi connectivity index (χ4v) is 5.60. The molecule has 4 aromatic carbocycles. The first kappa shape index (κ1) is 30.4. The average molecular weight is 585 g/mol. The third kappa shape index (κ3) is 6.46. The summed E-state index contributed by atoms with van der Waals surface area (Å²) in [7, 11) is 0. The van der Waals surface area contributed by atoms with Gasteiger partial charge in [0.2, 0.25) is 5.91 Å². The zero-order valence-electron chi connectivity index (χ0n) is 25.4. The highest BCUT2D eigenvalue weighted by Gasteiger charge is 2.29. The molecule has 44 heavy (non-hydrogen) atoms. The van der Waals surface area contributed by atoms with Crippen LogP contribution in [0.1, 0.15) is 48.8 Å². The fraction of sp³-hybridized carbons (Fsp3) is 0.243. The van der Waals surface area contributed by atoms with Gasteiger partial charge in [0.25, 0.3) is 5.56 Å². The van der Waals surface area contributed by atoms with E-state index in [1.807, 2.05) is 81.4 Å². The summed E-state index contributed by atoms with van der Waals surface area (Å²) >= 11 is 0. The van der Waals surface area contributed by atoms with Crippen molar-refractivity contribution in [3.05, 3.63) is 130 Å². The van der Waals surface area contributed by atoms with Gasteiger partial charge in [-0.3, -0.25) is 14.2 Å². The summed E-state index contributed by atoms with van der Waals surface area (Å²) in [6.07, 6.45) is 0.732. The second-order valence-corrected chi connectivity index (χ2v) is 10.7. The summed E-state index contributed by atoms with van der Waals surface area (Å²) in [5.74, 6) is 0.401. The lowest BCUT2D eigenvalue weighted by Gasteiger charge is -2.32. The van der Waals surface area contributed by atoms with Crippen LogP contribution in [-0.2, 0) is 16.0 Å². The molecule has 1 atom stereocenters. The number of rotatable bonds is 11. The molecule has 0 aliphatic rings. The van der Waals surface area contributed by atoms with Crippen LogP contribution in [0.25, 0.3) is 27.7 Å². The van der Waals surface area contributed by atoms with Gasteiger partial charge in [-0.25, -0.2) is 4.98 Å². The van der Waals surface area contributed by atoms with Crippen molar-refractivity contribution in [2.75, 3.05) is 19.8 Å². The lowest BCUT2D eigenvalue weighted by Crippen LogP contribution is -2.41. The summed E-state index contributed by atoms with van der Waals surface area (Å²) in [5, 5.41) is 9.89. The molecule has 0 radical (unpaired) electrons. The summed E-state index contributed by atoms with van der Waals surface area (Å²) in [5.41, 5.74) is 5.39. The van der Waals surface area contributed by atoms with Gasteiger partial charge in [-0.05, 0) is 72.9 Å². The standard InChI is InChI=1S/C37H36N4O3/c1-4-33(36-39-32-13-9-10-26(3)35(32)37(43)41(36)31-20-16-28(25-38)17-21-31)40(22-23-44-5-2)34(42)24-27-14-18-30(19-15-27)29-11-7-6-8-12-29/h6-21,33H,4-5,22-24H2,1-3H3. The van der Waals surface area contributed by atoms with E-state index in [-0.39, 0.29) is 17.9 Å². The number of nitrogens with zero attached hydrogens (tertiary/aromatic N) is 4. The van der Waals surface area contributed by atoms with Crippen LogP contribution in [0.3, 0.4) is 0 Å². The molecule has 7 nitrogen and oxygen atoms in total. The van der Waals surface area contributed by atoms with E-state index in [1.165, 1.54) is 0 Å². The first-order chi connectivity index (χ1) is 21.4. The Kier molecular flexibility index (Phi) is 9.63. The van der Waals surface area contributed by atoms with E-state index in [0.717, 1.165) is 22.3 Å². The quantitative estimate of drug-likeness (QED) is 0.160. The minimum Gasteiger partial charge on any atom is -0.380 e. The maximum Gasteiger partial charge on any atom is 0.266 e.